The summed E-state index contributed by atoms with van der Waals surface area (Å²) in [5.41, 5.74) is 0.410. The van der Waals surface area contributed by atoms with Gasteiger partial charge in [-0.2, -0.15) is 0 Å². The Morgan fingerprint density at radius 1 is 0.842 bits per heavy atom. The number of hydrogen-bond acceptors (Lipinski definition) is 2. The van der Waals surface area contributed by atoms with Crippen LogP contribution in [0, 0.1) is 22.7 Å². The van der Waals surface area contributed by atoms with E-state index >= 15 is 0 Å². The molecular formula is C16H34O2P-. The van der Waals surface area contributed by atoms with Crippen LogP contribution in [0.1, 0.15) is 68.2 Å². The van der Waals surface area contributed by atoms with E-state index in [1.807, 2.05) is 0 Å². The molecule has 0 heterocycles. The van der Waals surface area contributed by atoms with Crippen molar-refractivity contribution in [1.29, 1.82) is 0 Å². The Morgan fingerprint density at radius 3 is 1.32 bits per heavy atom. The molecule has 0 aromatic carbocycles. The summed E-state index contributed by atoms with van der Waals surface area (Å²) in [6.45, 7) is 17.1. The second-order valence-electron chi connectivity index (χ2n) is 8.92. The van der Waals surface area contributed by atoms with Gasteiger partial charge in [-0.25, -0.2) is 0 Å². The van der Waals surface area contributed by atoms with Gasteiger partial charge in [0.2, 0.25) is 0 Å². The van der Waals surface area contributed by atoms with Crippen LogP contribution in [0.2, 0.25) is 0 Å². The molecule has 0 aromatic rings. The summed E-state index contributed by atoms with van der Waals surface area (Å²) < 4.78 is 12.3. The Kier molecular flexibility index (Phi) is 6.83. The van der Waals surface area contributed by atoms with Gasteiger partial charge in [-0.05, 0) is 47.8 Å². The first-order valence-corrected chi connectivity index (χ1v) is 9.49. The highest BCUT2D eigenvalue weighted by Crippen LogP contribution is 2.43. The van der Waals surface area contributed by atoms with Crippen molar-refractivity contribution in [3.05, 3.63) is 0 Å². The van der Waals surface area contributed by atoms with Gasteiger partial charge >= 0.3 is 0 Å². The molecule has 0 aliphatic heterocycles. The van der Waals surface area contributed by atoms with E-state index in [1.165, 1.54) is 0 Å². The third-order valence-corrected chi connectivity index (χ3v) is 5.46. The van der Waals surface area contributed by atoms with Gasteiger partial charge in [-0.1, -0.05) is 55.4 Å². The maximum Gasteiger partial charge on any atom is 0.0153 e. The second kappa shape index (κ2) is 6.76. The Hall–Kier alpha value is 0.190. The van der Waals surface area contributed by atoms with E-state index in [9.17, 15) is 9.46 Å². The summed E-state index contributed by atoms with van der Waals surface area (Å²) in [7, 11) is -3.23. The summed E-state index contributed by atoms with van der Waals surface area (Å²) >= 11 is 0. The molecule has 0 fully saturated rings. The lowest BCUT2D eigenvalue weighted by Gasteiger charge is -2.33. The van der Waals surface area contributed by atoms with E-state index < -0.39 is 7.37 Å². The normalized spacial score (nSPS) is 19.8. The molecule has 3 heteroatoms. The predicted molar refractivity (Wildman–Crippen MR) is 83.8 cm³/mol. The lowest BCUT2D eigenvalue weighted by atomic mass is 9.86. The van der Waals surface area contributed by atoms with E-state index in [0.29, 0.717) is 12.3 Å². The Balaban J connectivity index is 4.36. The van der Waals surface area contributed by atoms with Crippen LogP contribution >= 0.6 is 7.37 Å². The van der Waals surface area contributed by atoms with Crippen molar-refractivity contribution in [3.8, 4) is 0 Å². The van der Waals surface area contributed by atoms with Gasteiger partial charge in [0, 0.05) is 7.37 Å². The van der Waals surface area contributed by atoms with Gasteiger partial charge < -0.3 is 9.46 Å². The average molecular weight is 289 g/mol. The highest BCUT2D eigenvalue weighted by atomic mass is 31.2. The molecule has 0 amide bonds. The van der Waals surface area contributed by atoms with Crippen LogP contribution in [0.4, 0.5) is 0 Å². The molecule has 19 heavy (non-hydrogen) atoms. The second-order valence-corrected chi connectivity index (χ2v) is 11.3. The molecule has 0 bridgehead atoms. The van der Waals surface area contributed by atoms with E-state index in [2.05, 4.69) is 55.4 Å². The first-order chi connectivity index (χ1) is 8.20. The third-order valence-electron chi connectivity index (χ3n) is 3.10. The first kappa shape index (κ1) is 19.2. The summed E-state index contributed by atoms with van der Waals surface area (Å²) in [6.07, 6.45) is 2.65. The van der Waals surface area contributed by atoms with Gasteiger partial charge in [0.15, 0.2) is 0 Å². The van der Waals surface area contributed by atoms with Gasteiger partial charge in [0.1, 0.15) is 0 Å². The standard InChI is InChI=1S/C16H35O2P/c1-13(9-15(3,4)5)11-19(17,18)12-14(2)10-16(6,7)8/h13-14H,9-12H2,1-8H3,(H,17,18)/p-1. The lowest BCUT2D eigenvalue weighted by molar-refractivity contribution is -0.176. The molecule has 0 spiro atoms. The number of rotatable bonds is 6. The average Bonchev–Trinajstić information content (AvgIpc) is 1.89. The van der Waals surface area contributed by atoms with E-state index in [4.69, 9.17) is 0 Å². The van der Waals surface area contributed by atoms with Crippen molar-refractivity contribution in [2.75, 3.05) is 12.3 Å². The highest BCUT2D eigenvalue weighted by molar-refractivity contribution is 7.56. The maximum atomic E-state index is 12.3. The maximum absolute atomic E-state index is 12.3. The van der Waals surface area contributed by atoms with Crippen molar-refractivity contribution in [3.63, 3.8) is 0 Å². The minimum absolute atomic E-state index is 0.205. The highest BCUT2D eigenvalue weighted by Gasteiger charge is 2.23. The summed E-state index contributed by atoms with van der Waals surface area (Å²) in [6, 6.07) is 0. The van der Waals surface area contributed by atoms with Crippen molar-refractivity contribution in [1.82, 2.24) is 0 Å². The van der Waals surface area contributed by atoms with Crippen molar-refractivity contribution in [2.24, 2.45) is 22.7 Å². The molecular weight excluding hydrogens is 255 g/mol. The molecule has 116 valence electrons. The molecule has 0 rings (SSSR count). The minimum Gasteiger partial charge on any atom is -0.799 e. The summed E-state index contributed by atoms with van der Waals surface area (Å²) in [5.74, 6) is 0.510. The zero-order valence-corrected chi connectivity index (χ0v) is 15.1. The van der Waals surface area contributed by atoms with Crippen LogP contribution in [0.15, 0.2) is 0 Å². The number of hydrogen-bond donors (Lipinski definition) is 0. The van der Waals surface area contributed by atoms with Crippen molar-refractivity contribution >= 4 is 7.37 Å². The van der Waals surface area contributed by atoms with E-state index in [0.717, 1.165) is 12.8 Å². The minimum atomic E-state index is -3.23. The molecule has 0 aliphatic rings. The molecule has 2 atom stereocenters. The van der Waals surface area contributed by atoms with E-state index in [1.54, 1.807) is 0 Å². The van der Waals surface area contributed by atoms with Crippen LogP contribution in [-0.2, 0) is 4.57 Å². The van der Waals surface area contributed by atoms with Gasteiger partial charge in [0.25, 0.3) is 0 Å². The van der Waals surface area contributed by atoms with Gasteiger partial charge in [0.05, 0.1) is 0 Å². The van der Waals surface area contributed by atoms with E-state index in [-0.39, 0.29) is 22.7 Å². The van der Waals surface area contributed by atoms with Crippen LogP contribution < -0.4 is 4.89 Å². The Labute approximate surface area is 120 Å². The van der Waals surface area contributed by atoms with Gasteiger partial charge in [-0.3, -0.25) is 0 Å². The van der Waals surface area contributed by atoms with Crippen LogP contribution in [0.5, 0.6) is 0 Å². The molecule has 0 radical (unpaired) electrons. The quantitative estimate of drug-likeness (QED) is 0.661. The zero-order chi connectivity index (χ0) is 15.5. The smallest absolute Gasteiger partial charge is 0.0153 e. The molecule has 0 aliphatic carbocycles. The first-order valence-electron chi connectivity index (χ1n) is 7.49. The van der Waals surface area contributed by atoms with Crippen LogP contribution in [-0.4, -0.2) is 12.3 Å². The fraction of sp³-hybridized carbons (Fsp3) is 1.00. The third kappa shape index (κ3) is 11.7. The lowest BCUT2D eigenvalue weighted by Crippen LogP contribution is -2.22. The topological polar surface area (TPSA) is 40.1 Å². The van der Waals surface area contributed by atoms with Gasteiger partial charge in [-0.15, -0.1) is 0 Å². The summed E-state index contributed by atoms with van der Waals surface area (Å²) in [5, 5.41) is 0. The molecule has 0 saturated heterocycles. The summed E-state index contributed by atoms with van der Waals surface area (Å²) in [4.78, 5) is 12.3. The molecule has 2 unspecified atom stereocenters. The predicted octanol–water partition coefficient (Wildman–Crippen LogP) is 4.77. The van der Waals surface area contributed by atoms with Crippen molar-refractivity contribution < 1.29 is 9.46 Å². The zero-order valence-electron chi connectivity index (χ0n) is 14.2. The molecule has 0 aromatic heterocycles. The van der Waals surface area contributed by atoms with Crippen LogP contribution in [0.25, 0.3) is 0 Å². The Morgan fingerprint density at radius 2 is 1.11 bits per heavy atom. The Bertz CT molecular complexity index is 282. The molecule has 0 N–H and O–H groups in total. The fourth-order valence-electron chi connectivity index (χ4n) is 3.24. The molecule has 0 saturated carbocycles. The largest absolute Gasteiger partial charge is 0.799 e. The van der Waals surface area contributed by atoms with Crippen LogP contribution in [0.3, 0.4) is 0 Å². The SMILES string of the molecule is CC(CC(C)(C)C)CP(=O)([O-])CC(C)CC(C)(C)C. The molecule has 2 nitrogen and oxygen atoms in total. The van der Waals surface area contributed by atoms with Crippen molar-refractivity contribution in [2.45, 2.75) is 68.2 Å². The monoisotopic (exact) mass is 289 g/mol. The fourth-order valence-corrected chi connectivity index (χ4v) is 5.55.